The van der Waals surface area contributed by atoms with Gasteiger partial charge in [-0.2, -0.15) is 8.78 Å². The molecule has 0 unspecified atom stereocenters. The molecule has 1 aromatic rings. The Bertz CT molecular complexity index is 371. The van der Waals surface area contributed by atoms with Crippen LogP contribution >= 0.6 is 0 Å². The Morgan fingerprint density at radius 3 is 2.00 bits per heavy atom. The highest BCUT2D eigenvalue weighted by atomic mass is 19.3. The highest BCUT2D eigenvalue weighted by Crippen LogP contribution is 2.27. The summed E-state index contributed by atoms with van der Waals surface area (Å²) < 4.78 is 48.9. The van der Waals surface area contributed by atoms with Crippen molar-refractivity contribution in [2.75, 3.05) is 0 Å². The van der Waals surface area contributed by atoms with Gasteiger partial charge in [0.25, 0.3) is 0 Å². The van der Waals surface area contributed by atoms with Crippen molar-refractivity contribution < 1.29 is 22.7 Å². The van der Waals surface area contributed by atoms with Crippen LogP contribution in [0.25, 0.3) is 0 Å². The third-order valence-corrected chi connectivity index (χ3v) is 1.28. The molecule has 0 heterocycles. The van der Waals surface area contributed by atoms with E-state index in [1.54, 1.807) is 0 Å². The number of hydrogen-bond donors (Lipinski definition) is 3. The van der Waals surface area contributed by atoms with Gasteiger partial charge >= 0.3 is 6.11 Å². The van der Waals surface area contributed by atoms with E-state index < -0.39 is 23.3 Å². The molecule has 8 heteroatoms. The van der Waals surface area contributed by atoms with Crippen molar-refractivity contribution in [3.05, 3.63) is 35.4 Å². The van der Waals surface area contributed by atoms with E-state index in [9.17, 15) is 17.6 Å². The summed E-state index contributed by atoms with van der Waals surface area (Å²) in [7, 11) is 0. The first-order valence-corrected chi connectivity index (χ1v) is 3.42. The topological polar surface area (TPSA) is 82.0 Å². The van der Waals surface area contributed by atoms with Crippen LogP contribution in [-0.2, 0) is 6.11 Å². The van der Waals surface area contributed by atoms with Crippen molar-refractivity contribution >= 4 is 0 Å². The third kappa shape index (κ3) is 3.84. The smallest absolute Gasteiger partial charge is 0.332 e. The molecule has 4 nitrogen and oxygen atoms in total. The van der Waals surface area contributed by atoms with Crippen molar-refractivity contribution in [2.24, 2.45) is 0 Å². The van der Waals surface area contributed by atoms with Gasteiger partial charge in [0.05, 0.1) is 5.56 Å². The minimum Gasteiger partial charge on any atom is -0.332 e. The number of nitrogens with zero attached hydrogens (tertiary/aromatic N) is 1. The first kappa shape index (κ1) is 13.2. The van der Waals surface area contributed by atoms with Crippen molar-refractivity contribution in [3.8, 4) is 0 Å². The lowest BCUT2D eigenvalue weighted by molar-refractivity contribution is -0.210. The van der Waals surface area contributed by atoms with Crippen LogP contribution in [0.15, 0.2) is 18.2 Å². The number of benzene rings is 1. The molecule has 0 aliphatic carbocycles. The van der Waals surface area contributed by atoms with E-state index >= 15 is 0 Å². The van der Waals surface area contributed by atoms with E-state index in [1.807, 2.05) is 4.91 Å². The summed E-state index contributed by atoms with van der Waals surface area (Å²) in [5, 5.41) is 8.05. The zero-order valence-electron chi connectivity index (χ0n) is 7.14. The van der Waals surface area contributed by atoms with Crippen LogP contribution < -0.4 is 4.91 Å². The van der Waals surface area contributed by atoms with Gasteiger partial charge in [-0.15, -0.1) is 0 Å². The SMILES string of the molecule is N=[N+]=N.OC(F)(F)c1cccc(F)c1F. The number of nitrogens with one attached hydrogen (secondary N) is 2. The van der Waals surface area contributed by atoms with Crippen molar-refractivity contribution in [2.45, 2.75) is 6.11 Å². The van der Waals surface area contributed by atoms with Gasteiger partial charge in [-0.1, -0.05) is 6.07 Å². The van der Waals surface area contributed by atoms with Crippen LogP contribution in [0.2, 0.25) is 0 Å². The van der Waals surface area contributed by atoms with E-state index in [4.69, 9.17) is 16.2 Å². The molecule has 15 heavy (non-hydrogen) atoms. The van der Waals surface area contributed by atoms with E-state index in [1.165, 1.54) is 0 Å². The summed E-state index contributed by atoms with van der Waals surface area (Å²) in [5.74, 6) is -3.15. The second kappa shape index (κ2) is 5.18. The Kier molecular flexibility index (Phi) is 4.56. The van der Waals surface area contributed by atoms with Gasteiger partial charge < -0.3 is 5.11 Å². The quantitative estimate of drug-likeness (QED) is 0.381. The first-order chi connectivity index (χ1) is 6.84. The van der Waals surface area contributed by atoms with Crippen LogP contribution in [0, 0.1) is 22.7 Å². The molecule has 1 aromatic carbocycles. The second-order valence-electron chi connectivity index (χ2n) is 2.25. The molecule has 0 aliphatic rings. The monoisotopic (exact) mass is 224 g/mol. The lowest BCUT2D eigenvalue weighted by Crippen LogP contribution is -2.14. The highest BCUT2D eigenvalue weighted by Gasteiger charge is 2.32. The molecule has 0 spiro atoms. The Balaban J connectivity index is 0.000000583. The van der Waals surface area contributed by atoms with E-state index in [0.717, 1.165) is 6.07 Å². The lowest BCUT2D eigenvalue weighted by Gasteiger charge is -2.09. The van der Waals surface area contributed by atoms with Crippen LogP contribution in [-0.4, -0.2) is 5.11 Å². The molecular formula is C7H6F4N3O+. The Morgan fingerprint density at radius 2 is 1.67 bits per heavy atom. The van der Waals surface area contributed by atoms with Crippen LogP contribution in [0.1, 0.15) is 5.56 Å². The fourth-order valence-electron chi connectivity index (χ4n) is 0.736. The predicted molar refractivity (Wildman–Crippen MR) is 40.0 cm³/mol. The molecule has 3 N–H and O–H groups in total. The minimum absolute atomic E-state index is 0.610. The summed E-state index contributed by atoms with van der Waals surface area (Å²) >= 11 is 0. The number of aliphatic hydroxyl groups is 1. The molecule has 0 radical (unpaired) electrons. The van der Waals surface area contributed by atoms with E-state index in [2.05, 4.69) is 0 Å². The van der Waals surface area contributed by atoms with Crippen molar-refractivity contribution in [1.29, 1.82) is 11.1 Å². The third-order valence-electron chi connectivity index (χ3n) is 1.28. The maximum Gasteiger partial charge on any atom is 0.383 e. The molecule has 82 valence electrons. The molecule has 0 saturated carbocycles. The Morgan fingerprint density at radius 1 is 1.20 bits per heavy atom. The van der Waals surface area contributed by atoms with Crippen LogP contribution in [0.5, 0.6) is 0 Å². The molecule has 0 atom stereocenters. The molecule has 0 amide bonds. The molecule has 0 saturated heterocycles. The van der Waals surface area contributed by atoms with Gasteiger partial charge in [-0.3, -0.25) is 0 Å². The predicted octanol–water partition coefficient (Wildman–Crippen LogP) is 2.12. The van der Waals surface area contributed by atoms with Crippen LogP contribution in [0.3, 0.4) is 0 Å². The lowest BCUT2D eigenvalue weighted by atomic mass is 10.2. The average Bonchev–Trinajstić information content (AvgIpc) is 2.09. The number of hydrogen-bond acceptors (Lipinski definition) is 3. The molecule has 0 bridgehead atoms. The summed E-state index contributed by atoms with van der Waals surface area (Å²) in [6, 6.07) is 2.18. The molecule has 0 fully saturated rings. The Hall–Kier alpha value is -1.79. The molecule has 0 aromatic heterocycles. The van der Waals surface area contributed by atoms with Gasteiger partial charge in [0.15, 0.2) is 11.6 Å². The van der Waals surface area contributed by atoms with Crippen molar-refractivity contribution in [3.63, 3.8) is 0 Å². The van der Waals surface area contributed by atoms with Gasteiger partial charge in [0.1, 0.15) is 11.1 Å². The minimum atomic E-state index is -4.34. The van der Waals surface area contributed by atoms with E-state index in [0.29, 0.717) is 12.1 Å². The van der Waals surface area contributed by atoms with Crippen LogP contribution in [0.4, 0.5) is 17.6 Å². The maximum atomic E-state index is 12.5. The fraction of sp³-hybridized carbons (Fsp3) is 0.143. The largest absolute Gasteiger partial charge is 0.383 e. The molecular weight excluding hydrogens is 218 g/mol. The number of rotatable bonds is 1. The summed E-state index contributed by atoms with van der Waals surface area (Å²) in [6.45, 7) is 0. The normalized spacial score (nSPS) is 9.93. The second-order valence-corrected chi connectivity index (χ2v) is 2.25. The summed E-state index contributed by atoms with van der Waals surface area (Å²) in [4.78, 5) is 2.00. The average molecular weight is 224 g/mol. The zero-order chi connectivity index (χ0) is 12.1. The fourth-order valence-corrected chi connectivity index (χ4v) is 0.736. The highest BCUT2D eigenvalue weighted by molar-refractivity contribution is 5.21. The Labute approximate surface area is 81.2 Å². The summed E-state index contributed by atoms with van der Waals surface area (Å²) in [5.41, 5.74) is 9.64. The van der Waals surface area contributed by atoms with Gasteiger partial charge in [0.2, 0.25) is 4.91 Å². The standard InChI is InChI=1S/C7H4F4O.H2N3/c8-5-3-1-2-4(6(5)9)7(10,11)12;1-3-2/h1-3,12H;1-2H/q;+1. The number of alkyl halides is 2. The summed E-state index contributed by atoms with van der Waals surface area (Å²) in [6.07, 6.45) is -4.34. The van der Waals surface area contributed by atoms with Gasteiger partial charge in [-0.25, -0.2) is 8.78 Å². The number of halogens is 4. The van der Waals surface area contributed by atoms with E-state index in [-0.39, 0.29) is 0 Å². The first-order valence-electron chi connectivity index (χ1n) is 3.42. The van der Waals surface area contributed by atoms with Gasteiger partial charge in [0, 0.05) is 0 Å². The van der Waals surface area contributed by atoms with Crippen molar-refractivity contribution in [1.82, 2.24) is 4.91 Å². The molecule has 1 rings (SSSR count). The van der Waals surface area contributed by atoms with Gasteiger partial charge in [-0.05, 0) is 12.1 Å². The zero-order valence-corrected chi connectivity index (χ0v) is 7.14. The molecule has 0 aliphatic heterocycles. The maximum absolute atomic E-state index is 12.5.